The highest BCUT2D eigenvalue weighted by Gasteiger charge is 2.23. The number of imidazole rings is 3. The Balaban J connectivity index is 0.000000179. The zero-order valence-electron chi connectivity index (χ0n) is 48.1. The summed E-state index contributed by atoms with van der Waals surface area (Å²) >= 11 is 0. The lowest BCUT2D eigenvalue weighted by atomic mass is 10.1. The number of rotatable bonds is 18. The van der Waals surface area contributed by atoms with Crippen LogP contribution in [0.3, 0.4) is 0 Å². The van der Waals surface area contributed by atoms with Gasteiger partial charge in [0.2, 0.25) is 10.0 Å². The minimum Gasteiger partial charge on any atom is -0.459 e. The second kappa shape index (κ2) is 25.7. The van der Waals surface area contributed by atoms with E-state index in [4.69, 9.17) is 15.6 Å². The molecule has 3 aromatic carbocycles. The number of nitrogens with zero attached hydrogens (tertiary/aromatic N) is 12. The van der Waals surface area contributed by atoms with Crippen molar-refractivity contribution in [3.8, 4) is 0 Å². The number of anilines is 6. The number of ether oxygens (including phenoxy) is 1. The number of esters is 1. The Morgan fingerprint density at radius 1 is 0.556 bits per heavy atom. The fraction of sp³-hybridized carbons (Fsp3) is 0.351. The van der Waals surface area contributed by atoms with E-state index in [2.05, 4.69) is 82.4 Å². The van der Waals surface area contributed by atoms with Gasteiger partial charge in [0.05, 0.1) is 54.1 Å². The SMILES string of the molecule is CCc1cc(CN)ccc1N(C)c1cc2c(cn1)ncn2C.CCc1cc(CNS(=O)(=O)CC(=O)OC(C)(C)C)ccc1N(C)c1cc2c(cn1)ncn2C.CCc1cc(CNS(N)(=O)=O)ccc1N(C)c1cc2c(cn1)ncn2C. The molecule has 0 spiro atoms. The summed E-state index contributed by atoms with van der Waals surface area (Å²) in [6.45, 7) is 12.2. The number of nitrogens with one attached hydrogen (secondary N) is 2. The summed E-state index contributed by atoms with van der Waals surface area (Å²) in [5, 5.41) is 4.99. The van der Waals surface area contributed by atoms with Crippen LogP contribution in [0.1, 0.15) is 74.9 Å². The molecular formula is C57H74N16O6S2. The van der Waals surface area contributed by atoms with Crippen LogP contribution in [-0.2, 0) is 89.8 Å². The van der Waals surface area contributed by atoms with Crippen LogP contribution in [0.5, 0.6) is 0 Å². The van der Waals surface area contributed by atoms with E-state index in [1.165, 1.54) is 5.56 Å². The number of hydrogen-bond acceptors (Lipinski definition) is 16. The third-order valence-corrected chi connectivity index (χ3v) is 15.2. The van der Waals surface area contributed by atoms with E-state index in [1.54, 1.807) is 45.8 Å². The molecule has 22 nitrogen and oxygen atoms in total. The molecule has 81 heavy (non-hydrogen) atoms. The molecule has 0 saturated heterocycles. The van der Waals surface area contributed by atoms with Crippen molar-refractivity contribution in [2.45, 2.75) is 86.0 Å². The van der Waals surface area contributed by atoms with Crippen LogP contribution in [0.15, 0.2) is 110 Å². The van der Waals surface area contributed by atoms with Crippen molar-refractivity contribution < 1.29 is 26.4 Å². The average Bonchev–Trinajstić information content (AvgIpc) is 4.15. The minimum absolute atomic E-state index is 0.0847. The molecule has 0 bridgehead atoms. The second-order valence-corrected chi connectivity index (χ2v) is 23.7. The van der Waals surface area contributed by atoms with E-state index in [0.717, 1.165) is 115 Å². The Kier molecular flexibility index (Phi) is 19.3. The van der Waals surface area contributed by atoms with Crippen LogP contribution in [0, 0.1) is 0 Å². The molecule has 9 rings (SSSR count). The molecule has 6 aromatic heterocycles. The van der Waals surface area contributed by atoms with E-state index in [9.17, 15) is 21.6 Å². The molecule has 0 aliphatic heterocycles. The minimum atomic E-state index is -3.81. The lowest BCUT2D eigenvalue weighted by molar-refractivity contribution is -0.151. The standard InChI is InChI=1S/C23H31N5O4S.C17H22N6O2S.C17H21N5/c1-7-17-10-16(12-26-33(30,31)14-22(29)32-23(2,3)4)8-9-19(17)28(6)21-11-20-18(13-24-21)25-15-27(20)5;1-4-13-7-12(9-21-26(18,24)25)5-6-15(13)23(3)17-8-16-14(10-19-17)20-11-22(16)2;1-4-13-7-12(9-18)5-6-15(13)22(3)17-8-16-14(10-19-17)20-11-21(16)2/h8-11,13,15,26H,7,12,14H2,1-6H3;5-8,10-11,21H,4,9H2,1-3H3,(H2,18,24,25);5-8,10-11H,4,9,18H2,1-3H3. The van der Waals surface area contributed by atoms with E-state index in [-0.39, 0.29) is 13.1 Å². The van der Waals surface area contributed by atoms with Gasteiger partial charge >= 0.3 is 5.97 Å². The van der Waals surface area contributed by atoms with Crippen LogP contribution in [0.25, 0.3) is 33.1 Å². The lowest BCUT2D eigenvalue weighted by Gasteiger charge is -2.22. The summed E-state index contributed by atoms with van der Waals surface area (Å²) in [7, 11) is 4.31. The molecule has 24 heteroatoms. The number of nitrogens with two attached hydrogens (primary N) is 2. The fourth-order valence-corrected chi connectivity index (χ4v) is 10.3. The average molecular weight is 1140 g/mol. The van der Waals surface area contributed by atoms with Crippen molar-refractivity contribution in [1.29, 1.82) is 0 Å². The highest BCUT2D eigenvalue weighted by Crippen LogP contribution is 2.32. The first kappa shape index (κ1) is 60.8. The number of pyridine rings is 3. The van der Waals surface area contributed by atoms with E-state index in [0.29, 0.717) is 6.54 Å². The smallest absolute Gasteiger partial charge is 0.323 e. The number of aromatic nitrogens is 9. The van der Waals surface area contributed by atoms with Crippen LogP contribution in [-0.4, -0.2) is 98.9 Å². The maximum Gasteiger partial charge on any atom is 0.323 e. The van der Waals surface area contributed by atoms with Gasteiger partial charge in [0.25, 0.3) is 10.2 Å². The molecule has 9 aromatic rings. The summed E-state index contributed by atoms with van der Waals surface area (Å²) in [6, 6.07) is 24.0. The molecule has 6 N–H and O–H groups in total. The van der Waals surface area contributed by atoms with E-state index in [1.807, 2.05) is 134 Å². The van der Waals surface area contributed by atoms with Gasteiger partial charge in [0, 0.05) is 97.2 Å². The van der Waals surface area contributed by atoms with Crippen LogP contribution >= 0.6 is 0 Å². The molecule has 0 radical (unpaired) electrons. The van der Waals surface area contributed by atoms with Gasteiger partial charge in [-0.05, 0) is 91.6 Å². The normalized spacial score (nSPS) is 11.8. The Labute approximate surface area is 474 Å². The third kappa shape index (κ3) is 15.5. The molecule has 0 fully saturated rings. The first-order valence-electron chi connectivity index (χ1n) is 26.3. The van der Waals surface area contributed by atoms with Gasteiger partial charge in [0.1, 0.15) is 39.6 Å². The van der Waals surface area contributed by atoms with Crippen LogP contribution in [0.4, 0.5) is 34.5 Å². The maximum atomic E-state index is 12.3. The highest BCUT2D eigenvalue weighted by atomic mass is 32.2. The molecule has 430 valence electrons. The number of carbonyl (C=O) groups excluding carboxylic acids is 1. The maximum absolute atomic E-state index is 12.3. The summed E-state index contributed by atoms with van der Waals surface area (Å²) in [6.07, 6.45) is 13.2. The summed E-state index contributed by atoms with van der Waals surface area (Å²) in [5.41, 5.74) is 20.0. The molecule has 0 saturated carbocycles. The van der Waals surface area contributed by atoms with Crippen molar-refractivity contribution >= 4 is 93.8 Å². The van der Waals surface area contributed by atoms with Gasteiger partial charge in [0.15, 0.2) is 5.75 Å². The highest BCUT2D eigenvalue weighted by molar-refractivity contribution is 7.90. The first-order chi connectivity index (χ1) is 38.3. The van der Waals surface area contributed by atoms with Crippen molar-refractivity contribution in [2.75, 3.05) is 41.6 Å². The number of fused-ring (bicyclic) bond motifs is 3. The Morgan fingerprint density at radius 3 is 1.23 bits per heavy atom. The lowest BCUT2D eigenvalue weighted by Crippen LogP contribution is -2.34. The Bertz CT molecular complexity index is 3910. The number of benzene rings is 3. The zero-order chi connectivity index (χ0) is 59.0. The largest absolute Gasteiger partial charge is 0.459 e. The summed E-state index contributed by atoms with van der Waals surface area (Å²) in [5.74, 6) is 1.01. The molecule has 0 aliphatic carbocycles. The monoisotopic (exact) mass is 1140 g/mol. The Morgan fingerprint density at radius 2 is 0.901 bits per heavy atom. The van der Waals surface area contributed by atoms with Crippen molar-refractivity contribution in [1.82, 2.24) is 53.0 Å². The molecule has 0 amide bonds. The number of hydrogen-bond donors (Lipinski definition) is 4. The van der Waals surface area contributed by atoms with Gasteiger partial charge in [-0.2, -0.15) is 13.1 Å². The fourth-order valence-electron chi connectivity index (χ4n) is 9.03. The van der Waals surface area contributed by atoms with Crippen molar-refractivity contribution in [3.05, 3.63) is 144 Å². The van der Waals surface area contributed by atoms with E-state index < -0.39 is 37.6 Å². The third-order valence-electron chi connectivity index (χ3n) is 13.4. The summed E-state index contributed by atoms with van der Waals surface area (Å²) in [4.78, 5) is 44.5. The van der Waals surface area contributed by atoms with Gasteiger partial charge in [-0.25, -0.2) is 48.2 Å². The van der Waals surface area contributed by atoms with Gasteiger partial charge in [-0.15, -0.1) is 0 Å². The molecule has 0 atom stereocenters. The van der Waals surface area contributed by atoms with Gasteiger partial charge in [-0.3, -0.25) is 4.79 Å². The molecule has 0 unspecified atom stereocenters. The molecule has 6 heterocycles. The quantitative estimate of drug-likeness (QED) is 0.0609. The molecular weight excluding hydrogens is 1070 g/mol. The van der Waals surface area contributed by atoms with Gasteiger partial charge in [-0.1, -0.05) is 57.2 Å². The second-order valence-electron chi connectivity index (χ2n) is 20.5. The first-order valence-corrected chi connectivity index (χ1v) is 29.5. The van der Waals surface area contributed by atoms with Crippen LogP contribution in [0.2, 0.25) is 0 Å². The van der Waals surface area contributed by atoms with Gasteiger partial charge < -0.3 is 38.9 Å². The number of sulfonamides is 1. The predicted octanol–water partition coefficient (Wildman–Crippen LogP) is 7.41. The number of carbonyl (C=O) groups is 1. The zero-order valence-corrected chi connectivity index (χ0v) is 49.8. The number of aryl methyl sites for hydroxylation is 6. The predicted molar refractivity (Wildman–Crippen MR) is 321 cm³/mol. The van der Waals surface area contributed by atoms with Crippen molar-refractivity contribution in [2.24, 2.45) is 32.0 Å². The summed E-state index contributed by atoms with van der Waals surface area (Å²) < 4.78 is 62.5. The van der Waals surface area contributed by atoms with Crippen LogP contribution < -0.4 is 35.0 Å². The van der Waals surface area contributed by atoms with E-state index >= 15 is 0 Å². The molecule has 0 aliphatic rings. The topological polar surface area (TPSA) is 273 Å². The van der Waals surface area contributed by atoms with Crippen molar-refractivity contribution in [3.63, 3.8) is 0 Å². The Hall–Kier alpha value is -7.87.